The molecule has 2 fully saturated rings. The fourth-order valence-electron chi connectivity index (χ4n) is 4.46. The molecular formula is C24H28N4O4. The molecule has 2 unspecified atom stereocenters. The van der Waals surface area contributed by atoms with Crippen LogP contribution in [0.3, 0.4) is 0 Å². The van der Waals surface area contributed by atoms with Crippen LogP contribution < -0.4 is 15.4 Å². The van der Waals surface area contributed by atoms with Crippen LogP contribution in [0.1, 0.15) is 47.3 Å². The number of carbonyl (C=O) groups is 3. The lowest BCUT2D eigenvalue weighted by atomic mass is 9.79. The normalized spacial score (nSPS) is 22.8. The molecule has 2 aliphatic rings. The van der Waals surface area contributed by atoms with Crippen molar-refractivity contribution in [3.63, 3.8) is 0 Å². The average molecular weight is 437 g/mol. The standard InChI is InChI=1S/C24H28N4O4/c1-14(2)24(22(30)26-23(31)27-24)18-7-5-17(6-8-18)21(29)28-10-9-19(13-28)32-20-16(4)11-15(3)12-25-20/h5-8,11-12,14,19H,9-10,13H2,1-4H3,(H2,26,27,30,31). The highest BCUT2D eigenvalue weighted by atomic mass is 16.5. The van der Waals surface area contributed by atoms with Crippen molar-refractivity contribution in [3.8, 4) is 5.88 Å². The number of aryl methyl sites for hydroxylation is 2. The number of hydrogen-bond acceptors (Lipinski definition) is 5. The van der Waals surface area contributed by atoms with Crippen LogP contribution in [0.4, 0.5) is 4.79 Å². The van der Waals surface area contributed by atoms with Crippen molar-refractivity contribution >= 4 is 17.8 Å². The molecule has 2 aromatic rings. The molecule has 32 heavy (non-hydrogen) atoms. The summed E-state index contributed by atoms with van der Waals surface area (Å²) in [7, 11) is 0. The van der Waals surface area contributed by atoms with E-state index in [1.165, 1.54) is 0 Å². The molecule has 0 aliphatic carbocycles. The van der Waals surface area contributed by atoms with Crippen molar-refractivity contribution in [1.29, 1.82) is 0 Å². The molecule has 2 atom stereocenters. The molecule has 3 heterocycles. The second kappa shape index (κ2) is 8.26. The first-order valence-electron chi connectivity index (χ1n) is 10.8. The van der Waals surface area contributed by atoms with Crippen LogP contribution >= 0.6 is 0 Å². The maximum atomic E-state index is 13.0. The number of nitrogens with one attached hydrogen (secondary N) is 2. The Kier molecular flexibility index (Phi) is 5.62. The van der Waals surface area contributed by atoms with E-state index in [4.69, 9.17) is 4.74 Å². The molecule has 1 aromatic carbocycles. The van der Waals surface area contributed by atoms with E-state index < -0.39 is 11.6 Å². The number of nitrogens with zero attached hydrogens (tertiary/aromatic N) is 2. The van der Waals surface area contributed by atoms with Gasteiger partial charge in [-0.2, -0.15) is 0 Å². The molecule has 8 nitrogen and oxygen atoms in total. The molecule has 4 amide bonds. The Morgan fingerprint density at radius 2 is 1.94 bits per heavy atom. The molecular weight excluding hydrogens is 408 g/mol. The number of pyridine rings is 1. The predicted molar refractivity (Wildman–Crippen MR) is 118 cm³/mol. The van der Waals surface area contributed by atoms with E-state index in [1.807, 2.05) is 33.8 Å². The largest absolute Gasteiger partial charge is 0.472 e. The number of carbonyl (C=O) groups excluding carboxylic acids is 3. The van der Waals surface area contributed by atoms with E-state index in [-0.39, 0.29) is 23.8 Å². The van der Waals surface area contributed by atoms with Gasteiger partial charge in [-0.3, -0.25) is 14.9 Å². The third-order valence-electron chi connectivity index (χ3n) is 6.23. The van der Waals surface area contributed by atoms with Gasteiger partial charge in [0.05, 0.1) is 6.54 Å². The number of benzene rings is 1. The Labute approximate surface area is 187 Å². The summed E-state index contributed by atoms with van der Waals surface area (Å²) in [5.41, 5.74) is 2.10. The lowest BCUT2D eigenvalue weighted by Gasteiger charge is -2.30. The highest BCUT2D eigenvalue weighted by molar-refractivity contribution is 6.07. The van der Waals surface area contributed by atoms with E-state index in [9.17, 15) is 14.4 Å². The second-order valence-electron chi connectivity index (χ2n) is 8.86. The number of rotatable bonds is 5. The molecule has 0 spiro atoms. The highest BCUT2D eigenvalue weighted by Gasteiger charge is 2.50. The number of urea groups is 1. The maximum Gasteiger partial charge on any atom is 0.322 e. The molecule has 168 valence electrons. The lowest BCUT2D eigenvalue weighted by molar-refractivity contribution is -0.125. The number of likely N-dealkylation sites (tertiary alicyclic amines) is 1. The number of amides is 4. The fraction of sp³-hybridized carbons (Fsp3) is 0.417. The van der Waals surface area contributed by atoms with Gasteiger partial charge in [-0.25, -0.2) is 9.78 Å². The van der Waals surface area contributed by atoms with Crippen LogP contribution in [0.5, 0.6) is 5.88 Å². The third-order valence-corrected chi connectivity index (χ3v) is 6.23. The Hall–Kier alpha value is -3.42. The van der Waals surface area contributed by atoms with Gasteiger partial charge in [0.2, 0.25) is 5.88 Å². The molecule has 0 bridgehead atoms. The van der Waals surface area contributed by atoms with Gasteiger partial charge < -0.3 is 15.0 Å². The van der Waals surface area contributed by atoms with Gasteiger partial charge in [-0.05, 0) is 49.1 Å². The van der Waals surface area contributed by atoms with Crippen molar-refractivity contribution in [3.05, 3.63) is 58.8 Å². The minimum atomic E-state index is -1.13. The molecule has 4 rings (SSSR count). The molecule has 0 saturated carbocycles. The first-order chi connectivity index (χ1) is 15.2. The maximum absolute atomic E-state index is 13.0. The summed E-state index contributed by atoms with van der Waals surface area (Å²) in [4.78, 5) is 43.4. The van der Waals surface area contributed by atoms with Crippen molar-refractivity contribution in [2.45, 2.75) is 45.8 Å². The van der Waals surface area contributed by atoms with Crippen LogP contribution in [-0.4, -0.2) is 46.9 Å². The zero-order valence-electron chi connectivity index (χ0n) is 18.8. The predicted octanol–water partition coefficient (Wildman–Crippen LogP) is 2.68. The summed E-state index contributed by atoms with van der Waals surface area (Å²) in [5, 5.41) is 5.07. The second-order valence-corrected chi connectivity index (χ2v) is 8.86. The summed E-state index contributed by atoms with van der Waals surface area (Å²) in [5.74, 6) is -0.0215. The van der Waals surface area contributed by atoms with E-state index in [0.29, 0.717) is 30.1 Å². The van der Waals surface area contributed by atoms with Crippen molar-refractivity contribution < 1.29 is 19.1 Å². The quantitative estimate of drug-likeness (QED) is 0.702. The summed E-state index contributed by atoms with van der Waals surface area (Å²) in [6.07, 6.45) is 2.41. The van der Waals surface area contributed by atoms with E-state index >= 15 is 0 Å². The van der Waals surface area contributed by atoms with Crippen molar-refractivity contribution in [2.75, 3.05) is 13.1 Å². The van der Waals surface area contributed by atoms with Gasteiger partial charge >= 0.3 is 6.03 Å². The van der Waals surface area contributed by atoms with Crippen molar-refractivity contribution in [1.82, 2.24) is 20.5 Å². The van der Waals surface area contributed by atoms with Gasteiger partial charge in [0, 0.05) is 30.3 Å². The molecule has 0 radical (unpaired) electrons. The Bertz CT molecular complexity index is 1070. The highest BCUT2D eigenvalue weighted by Crippen LogP contribution is 2.33. The van der Waals surface area contributed by atoms with Crippen LogP contribution in [0.25, 0.3) is 0 Å². The minimum absolute atomic E-state index is 0.0882. The summed E-state index contributed by atoms with van der Waals surface area (Å²) < 4.78 is 6.04. The monoisotopic (exact) mass is 436 g/mol. The summed E-state index contributed by atoms with van der Waals surface area (Å²) in [6, 6.07) is 8.41. The van der Waals surface area contributed by atoms with Gasteiger partial charge in [0.25, 0.3) is 11.8 Å². The number of imide groups is 1. The number of hydrogen-bond donors (Lipinski definition) is 2. The zero-order valence-corrected chi connectivity index (χ0v) is 18.8. The summed E-state index contributed by atoms with van der Waals surface area (Å²) in [6.45, 7) is 8.79. The smallest absolute Gasteiger partial charge is 0.322 e. The molecule has 1 aromatic heterocycles. The Morgan fingerprint density at radius 3 is 2.53 bits per heavy atom. The van der Waals surface area contributed by atoms with E-state index in [0.717, 1.165) is 17.5 Å². The van der Waals surface area contributed by atoms with Gasteiger partial charge in [-0.15, -0.1) is 0 Å². The Balaban J connectivity index is 1.45. The first kappa shape index (κ1) is 21.8. The topological polar surface area (TPSA) is 101 Å². The average Bonchev–Trinajstić information content (AvgIpc) is 3.34. The lowest BCUT2D eigenvalue weighted by Crippen LogP contribution is -2.48. The number of aromatic nitrogens is 1. The molecule has 2 saturated heterocycles. The molecule has 8 heteroatoms. The third kappa shape index (κ3) is 3.81. The zero-order chi connectivity index (χ0) is 23.0. The Morgan fingerprint density at radius 1 is 1.22 bits per heavy atom. The first-order valence-corrected chi connectivity index (χ1v) is 10.8. The van der Waals surface area contributed by atoms with Gasteiger partial charge in [0.1, 0.15) is 11.6 Å². The minimum Gasteiger partial charge on any atom is -0.472 e. The summed E-state index contributed by atoms with van der Waals surface area (Å²) >= 11 is 0. The van der Waals surface area contributed by atoms with Crippen LogP contribution in [0.2, 0.25) is 0 Å². The molecule has 2 N–H and O–H groups in total. The van der Waals surface area contributed by atoms with E-state index in [1.54, 1.807) is 35.4 Å². The van der Waals surface area contributed by atoms with Crippen molar-refractivity contribution in [2.24, 2.45) is 5.92 Å². The van der Waals surface area contributed by atoms with Crippen LogP contribution in [-0.2, 0) is 10.3 Å². The van der Waals surface area contributed by atoms with Crippen LogP contribution in [0.15, 0.2) is 36.5 Å². The molecule has 2 aliphatic heterocycles. The number of ether oxygens (including phenoxy) is 1. The SMILES string of the molecule is Cc1cnc(OC2CCN(C(=O)c3ccc(C4(C(C)C)NC(=O)NC4=O)cc3)C2)c(C)c1. The van der Waals surface area contributed by atoms with Gasteiger partial charge in [0.15, 0.2) is 0 Å². The van der Waals surface area contributed by atoms with E-state index in [2.05, 4.69) is 15.6 Å². The fourth-order valence-corrected chi connectivity index (χ4v) is 4.46. The van der Waals surface area contributed by atoms with Crippen LogP contribution in [0, 0.1) is 19.8 Å². The van der Waals surface area contributed by atoms with Gasteiger partial charge in [-0.1, -0.05) is 26.0 Å².